The molecule has 0 radical (unpaired) electrons. The van der Waals surface area contributed by atoms with Gasteiger partial charge in [-0.05, 0) is 44.5 Å². The van der Waals surface area contributed by atoms with Gasteiger partial charge in [-0.3, -0.25) is 4.72 Å². The van der Waals surface area contributed by atoms with Gasteiger partial charge in [0.1, 0.15) is 0 Å². The van der Waals surface area contributed by atoms with E-state index in [0.29, 0.717) is 12.2 Å². The van der Waals surface area contributed by atoms with Crippen LogP contribution in [0.4, 0.5) is 5.69 Å². The van der Waals surface area contributed by atoms with E-state index in [0.717, 1.165) is 17.7 Å². The lowest BCUT2D eigenvalue weighted by atomic mass is 10.1. The van der Waals surface area contributed by atoms with Crippen molar-refractivity contribution in [3.63, 3.8) is 0 Å². The summed E-state index contributed by atoms with van der Waals surface area (Å²) in [5.74, 6) is 0. The molecule has 0 aliphatic rings. The molecule has 0 saturated carbocycles. The maximum atomic E-state index is 12.1. The smallest absolute Gasteiger partial charge is 0.236 e. The van der Waals surface area contributed by atoms with Gasteiger partial charge in [-0.25, -0.2) is 8.42 Å². The van der Waals surface area contributed by atoms with Crippen LogP contribution in [0.2, 0.25) is 0 Å². The highest BCUT2D eigenvalue weighted by atomic mass is 32.2. The Kier molecular flexibility index (Phi) is 5.16. The van der Waals surface area contributed by atoms with Crippen LogP contribution in [0.1, 0.15) is 25.0 Å². The van der Waals surface area contributed by atoms with Crippen molar-refractivity contribution in [2.45, 2.75) is 32.9 Å². The number of sulfonamides is 1. The van der Waals surface area contributed by atoms with Crippen LogP contribution in [0.25, 0.3) is 0 Å². The Hall–Kier alpha value is -1.07. The summed E-state index contributed by atoms with van der Waals surface area (Å²) in [5.41, 5.74) is 2.71. The third kappa shape index (κ3) is 3.71. The molecule has 1 unspecified atom stereocenters. The van der Waals surface area contributed by atoms with E-state index in [-0.39, 0.29) is 0 Å². The van der Waals surface area contributed by atoms with E-state index in [1.807, 2.05) is 32.9 Å². The summed E-state index contributed by atoms with van der Waals surface area (Å²) in [7, 11) is -3.34. The Morgan fingerprint density at radius 1 is 1.28 bits per heavy atom. The largest absolute Gasteiger partial charge is 0.316 e. The van der Waals surface area contributed by atoms with Gasteiger partial charge in [0.2, 0.25) is 10.0 Å². The molecule has 0 aliphatic carbocycles. The predicted molar refractivity (Wildman–Crippen MR) is 76.5 cm³/mol. The summed E-state index contributed by atoms with van der Waals surface area (Å²) in [6, 6.07) is 5.62. The van der Waals surface area contributed by atoms with E-state index >= 15 is 0 Å². The minimum Gasteiger partial charge on any atom is -0.316 e. The Labute approximate surface area is 110 Å². The first-order chi connectivity index (χ1) is 8.38. The van der Waals surface area contributed by atoms with Crippen LogP contribution in [0.3, 0.4) is 0 Å². The molecule has 1 rings (SSSR count). The van der Waals surface area contributed by atoms with Crippen LogP contribution in [-0.2, 0) is 10.0 Å². The van der Waals surface area contributed by atoms with Crippen molar-refractivity contribution in [2.24, 2.45) is 0 Å². The molecule has 0 heterocycles. The van der Waals surface area contributed by atoms with Crippen molar-refractivity contribution in [3.8, 4) is 0 Å². The molecule has 0 aromatic heterocycles. The summed E-state index contributed by atoms with van der Waals surface area (Å²) >= 11 is 0. The minimum atomic E-state index is -3.34. The van der Waals surface area contributed by atoms with Crippen LogP contribution in [0.5, 0.6) is 0 Å². The summed E-state index contributed by atoms with van der Waals surface area (Å²) < 4.78 is 26.9. The molecule has 0 spiro atoms. The fourth-order valence-electron chi connectivity index (χ4n) is 1.57. The standard InChI is InChI=1S/C13H22N2O2S/c1-5-14-9-11(3)18(16,17)15-13-8-6-7-10(2)12(13)4/h6-8,11,14-15H,5,9H2,1-4H3. The van der Waals surface area contributed by atoms with E-state index in [4.69, 9.17) is 0 Å². The van der Waals surface area contributed by atoms with Crippen molar-refractivity contribution < 1.29 is 8.42 Å². The molecular weight excluding hydrogens is 248 g/mol. The Morgan fingerprint density at radius 3 is 2.56 bits per heavy atom. The number of hydrogen-bond acceptors (Lipinski definition) is 3. The highest BCUT2D eigenvalue weighted by Gasteiger charge is 2.20. The quantitative estimate of drug-likeness (QED) is 0.831. The van der Waals surface area contributed by atoms with Crippen molar-refractivity contribution in [3.05, 3.63) is 29.3 Å². The average Bonchev–Trinajstić information content (AvgIpc) is 2.31. The molecule has 18 heavy (non-hydrogen) atoms. The van der Waals surface area contributed by atoms with Gasteiger partial charge in [0.05, 0.1) is 10.9 Å². The lowest BCUT2D eigenvalue weighted by molar-refractivity contribution is 0.579. The molecule has 2 N–H and O–H groups in total. The van der Waals surface area contributed by atoms with Crippen LogP contribution < -0.4 is 10.0 Å². The van der Waals surface area contributed by atoms with Gasteiger partial charge in [0.15, 0.2) is 0 Å². The zero-order valence-electron chi connectivity index (χ0n) is 11.4. The maximum absolute atomic E-state index is 12.1. The molecule has 0 fully saturated rings. The van der Waals surface area contributed by atoms with Crippen molar-refractivity contribution in [1.29, 1.82) is 0 Å². The fourth-order valence-corrected chi connectivity index (χ4v) is 2.64. The molecule has 1 aromatic rings. The maximum Gasteiger partial charge on any atom is 0.236 e. The number of nitrogens with one attached hydrogen (secondary N) is 2. The zero-order valence-corrected chi connectivity index (χ0v) is 12.3. The van der Waals surface area contributed by atoms with Gasteiger partial charge < -0.3 is 5.32 Å². The third-order valence-electron chi connectivity index (χ3n) is 3.07. The Morgan fingerprint density at radius 2 is 1.94 bits per heavy atom. The van der Waals surface area contributed by atoms with E-state index in [2.05, 4.69) is 10.0 Å². The van der Waals surface area contributed by atoms with Crippen LogP contribution in [-0.4, -0.2) is 26.8 Å². The molecule has 1 aromatic carbocycles. The molecule has 0 amide bonds. The average molecular weight is 270 g/mol. The van der Waals surface area contributed by atoms with E-state index in [1.165, 1.54) is 0 Å². The lowest BCUT2D eigenvalue weighted by Gasteiger charge is -2.17. The molecule has 4 nitrogen and oxygen atoms in total. The molecule has 102 valence electrons. The van der Waals surface area contributed by atoms with Crippen molar-refractivity contribution >= 4 is 15.7 Å². The van der Waals surface area contributed by atoms with Gasteiger partial charge in [0, 0.05) is 6.54 Å². The minimum absolute atomic E-state index is 0.455. The first kappa shape index (κ1) is 15.0. The van der Waals surface area contributed by atoms with Gasteiger partial charge in [-0.2, -0.15) is 0 Å². The second kappa shape index (κ2) is 6.20. The van der Waals surface area contributed by atoms with E-state index in [9.17, 15) is 8.42 Å². The molecular formula is C13H22N2O2S. The van der Waals surface area contributed by atoms with Crippen LogP contribution in [0, 0.1) is 13.8 Å². The molecule has 1 atom stereocenters. The van der Waals surface area contributed by atoms with Gasteiger partial charge >= 0.3 is 0 Å². The van der Waals surface area contributed by atoms with Crippen molar-refractivity contribution in [2.75, 3.05) is 17.8 Å². The Bertz CT molecular complexity index is 498. The normalized spacial score (nSPS) is 13.3. The molecule has 0 aliphatic heterocycles. The first-order valence-corrected chi connectivity index (χ1v) is 7.71. The fraction of sp³-hybridized carbons (Fsp3) is 0.538. The number of hydrogen-bond donors (Lipinski definition) is 2. The number of rotatable bonds is 6. The van der Waals surface area contributed by atoms with Crippen molar-refractivity contribution in [1.82, 2.24) is 5.32 Å². The predicted octanol–water partition coefficient (Wildman–Crippen LogP) is 2.04. The SMILES string of the molecule is CCNCC(C)S(=O)(=O)Nc1cccc(C)c1C. The van der Waals surface area contributed by atoms with Crippen LogP contribution >= 0.6 is 0 Å². The number of anilines is 1. The molecule has 0 saturated heterocycles. The topological polar surface area (TPSA) is 58.2 Å². The highest BCUT2D eigenvalue weighted by molar-refractivity contribution is 7.93. The van der Waals surface area contributed by atoms with Gasteiger partial charge in [-0.15, -0.1) is 0 Å². The molecule has 0 bridgehead atoms. The highest BCUT2D eigenvalue weighted by Crippen LogP contribution is 2.20. The zero-order chi connectivity index (χ0) is 13.8. The second-order valence-electron chi connectivity index (χ2n) is 4.51. The van der Waals surface area contributed by atoms with Gasteiger partial charge in [0.25, 0.3) is 0 Å². The van der Waals surface area contributed by atoms with Gasteiger partial charge in [-0.1, -0.05) is 19.1 Å². The summed E-state index contributed by atoms with van der Waals surface area (Å²) in [6.07, 6.45) is 0. The van der Waals surface area contributed by atoms with E-state index in [1.54, 1.807) is 13.0 Å². The summed E-state index contributed by atoms with van der Waals surface area (Å²) in [6.45, 7) is 8.77. The number of aryl methyl sites for hydroxylation is 1. The van der Waals surface area contributed by atoms with E-state index < -0.39 is 15.3 Å². The monoisotopic (exact) mass is 270 g/mol. The number of benzene rings is 1. The Balaban J connectivity index is 2.85. The second-order valence-corrected chi connectivity index (χ2v) is 6.61. The molecule has 5 heteroatoms. The first-order valence-electron chi connectivity index (χ1n) is 6.17. The van der Waals surface area contributed by atoms with Crippen LogP contribution in [0.15, 0.2) is 18.2 Å². The summed E-state index contributed by atoms with van der Waals surface area (Å²) in [5, 5.41) is 2.59. The third-order valence-corrected chi connectivity index (χ3v) is 4.80. The lowest BCUT2D eigenvalue weighted by Crippen LogP contribution is -2.34. The summed E-state index contributed by atoms with van der Waals surface area (Å²) in [4.78, 5) is 0.